The Balaban J connectivity index is 1.69. The second-order valence-corrected chi connectivity index (χ2v) is 6.66. The number of hydrogen-bond acceptors (Lipinski definition) is 4. The lowest BCUT2D eigenvalue weighted by atomic mass is 10.2. The first-order valence-corrected chi connectivity index (χ1v) is 8.75. The molecule has 1 heterocycles. The summed E-state index contributed by atoms with van der Waals surface area (Å²) in [4.78, 5) is 25.6. The van der Waals surface area contributed by atoms with Gasteiger partial charge in [0.2, 0.25) is 11.8 Å². The minimum atomic E-state index is -0.105. The minimum absolute atomic E-state index is 0.00742. The number of thioether (sulfide) groups is 1. The van der Waals surface area contributed by atoms with E-state index in [1.54, 1.807) is 22.8 Å². The number of nitrogens with zero attached hydrogens (tertiary/aromatic N) is 3. The summed E-state index contributed by atoms with van der Waals surface area (Å²) in [5.41, 5.74) is 2.89. The molecule has 1 aromatic carbocycles. The van der Waals surface area contributed by atoms with Crippen molar-refractivity contribution >= 4 is 29.3 Å². The molecular weight excluding hydrogens is 324 g/mol. The Morgan fingerprint density at radius 3 is 2.58 bits per heavy atom. The van der Waals surface area contributed by atoms with Crippen LogP contribution in [0.2, 0.25) is 0 Å². The Morgan fingerprint density at radius 2 is 1.96 bits per heavy atom. The van der Waals surface area contributed by atoms with Gasteiger partial charge >= 0.3 is 0 Å². The van der Waals surface area contributed by atoms with E-state index in [0.717, 1.165) is 16.8 Å². The quantitative estimate of drug-likeness (QED) is 0.833. The molecule has 0 bridgehead atoms. The van der Waals surface area contributed by atoms with Gasteiger partial charge in [0, 0.05) is 38.1 Å². The highest BCUT2D eigenvalue weighted by Gasteiger charge is 2.11. The molecule has 0 aliphatic heterocycles. The summed E-state index contributed by atoms with van der Waals surface area (Å²) in [6.45, 7) is 2.51. The Bertz CT molecular complexity index is 697. The number of aryl methyl sites for hydroxylation is 2. The van der Waals surface area contributed by atoms with Gasteiger partial charge in [-0.15, -0.1) is 11.8 Å². The first-order valence-electron chi connectivity index (χ1n) is 7.60. The van der Waals surface area contributed by atoms with Crippen molar-refractivity contribution < 1.29 is 9.59 Å². The standard InChI is InChI=1S/C17H22N4O2S/c1-13-4-6-15(7-5-13)19-16(22)11-24-12-17(23)20(2)9-14-8-18-21(3)10-14/h4-8,10H,9,11-12H2,1-3H3,(H,19,22). The van der Waals surface area contributed by atoms with E-state index in [1.807, 2.05) is 44.4 Å². The predicted molar refractivity (Wildman–Crippen MR) is 96.8 cm³/mol. The first kappa shape index (κ1) is 18.1. The molecule has 1 N–H and O–H groups in total. The average molecular weight is 346 g/mol. The topological polar surface area (TPSA) is 67.2 Å². The van der Waals surface area contributed by atoms with Crippen molar-refractivity contribution in [1.82, 2.24) is 14.7 Å². The lowest BCUT2D eigenvalue weighted by molar-refractivity contribution is -0.127. The van der Waals surface area contributed by atoms with E-state index in [2.05, 4.69) is 10.4 Å². The highest BCUT2D eigenvalue weighted by molar-refractivity contribution is 8.00. The molecule has 0 aliphatic rings. The van der Waals surface area contributed by atoms with Crippen LogP contribution in [0.4, 0.5) is 5.69 Å². The number of benzene rings is 1. The highest BCUT2D eigenvalue weighted by atomic mass is 32.2. The van der Waals surface area contributed by atoms with E-state index in [-0.39, 0.29) is 23.3 Å². The molecule has 0 unspecified atom stereocenters. The summed E-state index contributed by atoms with van der Waals surface area (Å²) in [5.74, 6) is 0.414. The first-order chi connectivity index (χ1) is 11.4. The molecule has 2 aromatic rings. The molecule has 7 heteroatoms. The number of amides is 2. The second kappa shape index (κ2) is 8.54. The van der Waals surface area contributed by atoms with Gasteiger partial charge in [-0.3, -0.25) is 14.3 Å². The van der Waals surface area contributed by atoms with Crippen molar-refractivity contribution in [1.29, 1.82) is 0 Å². The smallest absolute Gasteiger partial charge is 0.234 e. The highest BCUT2D eigenvalue weighted by Crippen LogP contribution is 2.10. The molecule has 0 atom stereocenters. The zero-order valence-electron chi connectivity index (χ0n) is 14.2. The summed E-state index contributed by atoms with van der Waals surface area (Å²) in [7, 11) is 3.59. The van der Waals surface area contributed by atoms with Gasteiger partial charge in [0.15, 0.2) is 0 Å². The van der Waals surface area contributed by atoms with Gasteiger partial charge in [-0.2, -0.15) is 5.10 Å². The van der Waals surface area contributed by atoms with E-state index < -0.39 is 0 Å². The largest absolute Gasteiger partial charge is 0.341 e. The predicted octanol–water partition coefficient (Wildman–Crippen LogP) is 2.06. The van der Waals surface area contributed by atoms with Crippen LogP contribution in [0.5, 0.6) is 0 Å². The molecular formula is C17H22N4O2S. The van der Waals surface area contributed by atoms with Gasteiger partial charge in [0.1, 0.15) is 0 Å². The van der Waals surface area contributed by atoms with Crippen LogP contribution in [0.15, 0.2) is 36.7 Å². The number of anilines is 1. The van der Waals surface area contributed by atoms with Crippen LogP contribution in [0.25, 0.3) is 0 Å². The van der Waals surface area contributed by atoms with Crippen molar-refractivity contribution in [2.75, 3.05) is 23.9 Å². The van der Waals surface area contributed by atoms with Crippen LogP contribution in [-0.4, -0.2) is 45.0 Å². The Morgan fingerprint density at radius 1 is 1.25 bits per heavy atom. The van der Waals surface area contributed by atoms with Crippen LogP contribution >= 0.6 is 11.8 Å². The van der Waals surface area contributed by atoms with Crippen molar-refractivity contribution in [2.24, 2.45) is 7.05 Å². The molecule has 0 fully saturated rings. The number of rotatable bonds is 7. The van der Waals surface area contributed by atoms with E-state index in [0.29, 0.717) is 6.54 Å². The number of aromatic nitrogens is 2. The number of nitrogens with one attached hydrogen (secondary N) is 1. The summed E-state index contributed by atoms with van der Waals surface area (Å²) in [6, 6.07) is 7.62. The molecule has 2 amide bonds. The molecule has 0 saturated heterocycles. The third-order valence-corrected chi connectivity index (χ3v) is 4.32. The van der Waals surface area contributed by atoms with Gasteiger partial charge in [0.05, 0.1) is 17.7 Å². The Kier molecular flexibility index (Phi) is 6.43. The molecule has 0 radical (unpaired) electrons. The summed E-state index contributed by atoms with van der Waals surface area (Å²) in [5, 5.41) is 6.90. The SMILES string of the molecule is Cc1ccc(NC(=O)CSCC(=O)N(C)Cc2cnn(C)c2)cc1. The van der Waals surface area contributed by atoms with E-state index in [9.17, 15) is 9.59 Å². The van der Waals surface area contributed by atoms with Gasteiger partial charge in [0.25, 0.3) is 0 Å². The van der Waals surface area contributed by atoms with E-state index >= 15 is 0 Å². The van der Waals surface area contributed by atoms with E-state index in [4.69, 9.17) is 0 Å². The van der Waals surface area contributed by atoms with Gasteiger partial charge in [-0.1, -0.05) is 17.7 Å². The van der Waals surface area contributed by atoms with E-state index in [1.165, 1.54) is 11.8 Å². The summed E-state index contributed by atoms with van der Waals surface area (Å²) < 4.78 is 1.71. The number of carbonyl (C=O) groups excluding carboxylic acids is 2. The molecule has 0 saturated carbocycles. The van der Waals surface area contributed by atoms with Crippen LogP contribution in [0, 0.1) is 6.92 Å². The van der Waals surface area contributed by atoms with Gasteiger partial charge in [-0.05, 0) is 19.1 Å². The zero-order valence-corrected chi connectivity index (χ0v) is 15.0. The minimum Gasteiger partial charge on any atom is -0.341 e. The normalized spacial score (nSPS) is 10.5. The molecule has 2 rings (SSSR count). The fraction of sp³-hybridized carbons (Fsp3) is 0.353. The fourth-order valence-corrected chi connectivity index (χ4v) is 2.85. The summed E-state index contributed by atoms with van der Waals surface area (Å²) >= 11 is 1.31. The van der Waals surface area contributed by atoms with Crippen LogP contribution in [-0.2, 0) is 23.2 Å². The molecule has 128 valence electrons. The third-order valence-electron chi connectivity index (χ3n) is 3.40. The number of hydrogen-bond donors (Lipinski definition) is 1. The summed E-state index contributed by atoms with van der Waals surface area (Å²) in [6.07, 6.45) is 3.62. The lowest BCUT2D eigenvalue weighted by Crippen LogP contribution is -2.28. The van der Waals surface area contributed by atoms with Crippen molar-refractivity contribution in [2.45, 2.75) is 13.5 Å². The maximum Gasteiger partial charge on any atom is 0.234 e. The van der Waals surface area contributed by atoms with Gasteiger partial charge in [-0.25, -0.2) is 0 Å². The lowest BCUT2D eigenvalue weighted by Gasteiger charge is -2.15. The van der Waals surface area contributed by atoms with Crippen LogP contribution in [0.3, 0.4) is 0 Å². The maximum absolute atomic E-state index is 12.1. The Hall–Kier alpha value is -2.28. The monoisotopic (exact) mass is 346 g/mol. The molecule has 1 aromatic heterocycles. The van der Waals surface area contributed by atoms with Crippen molar-refractivity contribution in [3.63, 3.8) is 0 Å². The molecule has 0 spiro atoms. The second-order valence-electron chi connectivity index (χ2n) is 5.68. The molecule has 6 nitrogen and oxygen atoms in total. The average Bonchev–Trinajstić information content (AvgIpc) is 2.94. The molecule has 0 aliphatic carbocycles. The third kappa shape index (κ3) is 5.73. The van der Waals surface area contributed by atoms with Crippen molar-refractivity contribution in [3.8, 4) is 0 Å². The maximum atomic E-state index is 12.1. The number of carbonyl (C=O) groups is 2. The fourth-order valence-electron chi connectivity index (χ4n) is 2.09. The van der Waals surface area contributed by atoms with Crippen LogP contribution < -0.4 is 5.32 Å². The van der Waals surface area contributed by atoms with Crippen LogP contribution in [0.1, 0.15) is 11.1 Å². The molecule has 24 heavy (non-hydrogen) atoms. The van der Waals surface area contributed by atoms with Gasteiger partial charge < -0.3 is 10.2 Å². The zero-order chi connectivity index (χ0) is 17.5. The van der Waals surface area contributed by atoms with Crippen molar-refractivity contribution in [3.05, 3.63) is 47.8 Å². The Labute approximate surface area is 146 Å².